The minimum atomic E-state index is -0.803. The van der Waals surface area contributed by atoms with Crippen molar-refractivity contribution in [1.82, 2.24) is 5.32 Å². The quantitative estimate of drug-likeness (QED) is 0.489. The number of carbonyl (C=O) groups is 1. The summed E-state index contributed by atoms with van der Waals surface area (Å²) in [6.45, 7) is 11.7. The molecule has 5 nitrogen and oxygen atoms in total. The molecule has 150 valence electrons. The van der Waals surface area contributed by atoms with Gasteiger partial charge in [0.1, 0.15) is 11.6 Å². The van der Waals surface area contributed by atoms with E-state index < -0.39 is 17.7 Å². The van der Waals surface area contributed by atoms with Crippen molar-refractivity contribution in [1.29, 1.82) is 0 Å². The number of dihydropyridines is 1. The molecule has 1 unspecified atom stereocenters. The number of furan rings is 1. The van der Waals surface area contributed by atoms with Crippen LogP contribution in [-0.2, 0) is 9.53 Å². The number of hydrogen-bond acceptors (Lipinski definition) is 4. The topological polar surface area (TPSA) is 55.8 Å². The third-order valence-corrected chi connectivity index (χ3v) is 4.90. The zero-order valence-electron chi connectivity index (χ0n) is 16.1. The predicted molar refractivity (Wildman–Crippen MR) is 108 cm³/mol. The minimum absolute atomic E-state index is 0.134. The molecule has 1 N–H and O–H groups in total. The van der Waals surface area contributed by atoms with E-state index in [0.717, 1.165) is 6.42 Å². The number of ether oxygens (including phenoxy) is 1. The molecule has 1 atom stereocenters. The largest absolute Gasteiger partial charge is 0.464 e. The Bertz CT molecular complexity index is 1020. The second kappa shape index (κ2) is 8.97. The Kier molecular flexibility index (Phi) is 6.40. The first-order chi connectivity index (χ1) is 14.0. The van der Waals surface area contributed by atoms with E-state index in [9.17, 15) is 9.18 Å². The molecule has 0 spiro atoms. The van der Waals surface area contributed by atoms with E-state index in [1.807, 2.05) is 6.92 Å². The number of nitrogens with zero attached hydrogens (tertiary/aromatic N) is 1. The Morgan fingerprint density at radius 3 is 2.76 bits per heavy atom. The van der Waals surface area contributed by atoms with Crippen LogP contribution in [0.5, 0.6) is 0 Å². The van der Waals surface area contributed by atoms with Crippen molar-refractivity contribution in [2.45, 2.75) is 32.6 Å². The number of nitrogens with one attached hydrogen (secondary N) is 1. The SMILES string of the molecule is [C-]#[N+]C1=C(c2ccco2)NC(CCC)=C(C(=O)OCC)C1c1ccc(F)cc1Cl. The number of hydrogen-bond donors (Lipinski definition) is 1. The summed E-state index contributed by atoms with van der Waals surface area (Å²) in [6, 6.07) is 7.39. The zero-order chi connectivity index (χ0) is 21.0. The van der Waals surface area contributed by atoms with Crippen LogP contribution in [0.25, 0.3) is 10.5 Å². The molecule has 2 aromatic rings. The number of allylic oxidation sites excluding steroid dienone is 2. The van der Waals surface area contributed by atoms with E-state index >= 15 is 0 Å². The number of carbonyl (C=O) groups excluding carboxylic acids is 1. The van der Waals surface area contributed by atoms with Gasteiger partial charge in [-0.15, -0.1) is 0 Å². The maximum absolute atomic E-state index is 13.7. The van der Waals surface area contributed by atoms with Gasteiger partial charge in [-0.1, -0.05) is 31.0 Å². The standard InChI is InChI=1S/C22H20ClFN2O3/c1-4-7-16-19(22(27)28-5-2)18(14-10-9-13(24)12-15(14)23)21(25-3)20(26-16)17-8-6-11-29-17/h6,8-12,18,26H,4-5,7H2,1-2H3. The van der Waals surface area contributed by atoms with Gasteiger partial charge in [0.05, 0.1) is 36.6 Å². The summed E-state index contributed by atoms with van der Waals surface area (Å²) in [5, 5.41) is 3.35. The highest BCUT2D eigenvalue weighted by molar-refractivity contribution is 6.31. The summed E-state index contributed by atoms with van der Waals surface area (Å²) in [4.78, 5) is 16.6. The minimum Gasteiger partial charge on any atom is -0.464 e. The van der Waals surface area contributed by atoms with Crippen LogP contribution in [0, 0.1) is 12.4 Å². The van der Waals surface area contributed by atoms with E-state index in [1.165, 1.54) is 24.5 Å². The summed E-state index contributed by atoms with van der Waals surface area (Å²) in [7, 11) is 0. The van der Waals surface area contributed by atoms with Crippen molar-refractivity contribution in [2.24, 2.45) is 0 Å². The highest BCUT2D eigenvalue weighted by atomic mass is 35.5. The van der Waals surface area contributed by atoms with Crippen LogP contribution in [0.4, 0.5) is 4.39 Å². The van der Waals surface area contributed by atoms with Crippen LogP contribution < -0.4 is 5.32 Å². The lowest BCUT2D eigenvalue weighted by Gasteiger charge is -2.30. The summed E-state index contributed by atoms with van der Waals surface area (Å²) in [6.07, 6.45) is 2.82. The van der Waals surface area contributed by atoms with Crippen molar-refractivity contribution < 1.29 is 18.3 Å². The van der Waals surface area contributed by atoms with E-state index in [-0.39, 0.29) is 17.3 Å². The Balaban J connectivity index is 2.30. The number of halogens is 2. The van der Waals surface area contributed by atoms with E-state index in [1.54, 1.807) is 19.1 Å². The van der Waals surface area contributed by atoms with Crippen molar-refractivity contribution in [3.63, 3.8) is 0 Å². The molecule has 0 saturated heterocycles. The third-order valence-electron chi connectivity index (χ3n) is 4.58. The van der Waals surface area contributed by atoms with Crippen LogP contribution in [0.1, 0.15) is 43.9 Å². The first kappa shape index (κ1) is 20.7. The van der Waals surface area contributed by atoms with Crippen LogP contribution in [0.2, 0.25) is 5.02 Å². The maximum atomic E-state index is 13.7. The van der Waals surface area contributed by atoms with Crippen LogP contribution >= 0.6 is 11.6 Å². The van der Waals surface area contributed by atoms with Crippen molar-refractivity contribution in [2.75, 3.05) is 6.61 Å². The Labute approximate surface area is 173 Å². The van der Waals surface area contributed by atoms with Gasteiger partial charge in [0, 0.05) is 10.7 Å². The number of rotatable bonds is 6. The maximum Gasteiger partial charge on any atom is 0.335 e. The van der Waals surface area contributed by atoms with E-state index in [2.05, 4.69) is 10.2 Å². The van der Waals surface area contributed by atoms with Gasteiger partial charge >= 0.3 is 5.97 Å². The molecule has 0 radical (unpaired) electrons. The highest BCUT2D eigenvalue weighted by Gasteiger charge is 2.38. The van der Waals surface area contributed by atoms with Crippen molar-refractivity contribution >= 4 is 23.3 Å². The molecule has 0 aliphatic carbocycles. The summed E-state index contributed by atoms with van der Waals surface area (Å²) in [5.74, 6) is -1.37. The summed E-state index contributed by atoms with van der Waals surface area (Å²) < 4.78 is 24.5. The van der Waals surface area contributed by atoms with Crippen molar-refractivity contribution in [3.05, 3.63) is 87.1 Å². The lowest BCUT2D eigenvalue weighted by atomic mass is 9.82. The molecular weight excluding hydrogens is 395 g/mol. The molecule has 0 bridgehead atoms. The Morgan fingerprint density at radius 2 is 2.17 bits per heavy atom. The van der Waals surface area contributed by atoms with Gasteiger partial charge in [-0.3, -0.25) is 0 Å². The molecule has 2 heterocycles. The van der Waals surface area contributed by atoms with E-state index in [4.69, 9.17) is 27.3 Å². The molecule has 1 aliphatic rings. The van der Waals surface area contributed by atoms with Crippen LogP contribution in [-0.4, -0.2) is 12.6 Å². The van der Waals surface area contributed by atoms with Gasteiger partial charge in [-0.25, -0.2) is 14.0 Å². The second-order valence-corrected chi connectivity index (χ2v) is 6.84. The molecule has 3 rings (SSSR count). The average molecular weight is 415 g/mol. The smallest absolute Gasteiger partial charge is 0.335 e. The first-order valence-corrected chi connectivity index (χ1v) is 9.67. The zero-order valence-corrected chi connectivity index (χ0v) is 16.8. The molecule has 0 saturated carbocycles. The van der Waals surface area contributed by atoms with Gasteiger partial charge < -0.3 is 14.5 Å². The fourth-order valence-corrected chi connectivity index (χ4v) is 3.68. The molecule has 1 aromatic carbocycles. The first-order valence-electron chi connectivity index (χ1n) is 9.29. The molecule has 0 amide bonds. The van der Waals surface area contributed by atoms with Crippen molar-refractivity contribution in [3.8, 4) is 0 Å². The molecule has 7 heteroatoms. The lowest BCUT2D eigenvalue weighted by molar-refractivity contribution is -0.138. The van der Waals surface area contributed by atoms with Gasteiger partial charge in [0.25, 0.3) is 0 Å². The van der Waals surface area contributed by atoms with Gasteiger partial charge in [0.2, 0.25) is 5.70 Å². The van der Waals surface area contributed by atoms with E-state index in [0.29, 0.717) is 34.7 Å². The Hall–Kier alpha value is -3.04. The molecular formula is C22H20ClFN2O3. The highest BCUT2D eigenvalue weighted by Crippen LogP contribution is 2.44. The van der Waals surface area contributed by atoms with Gasteiger partial charge in [-0.2, -0.15) is 0 Å². The molecule has 29 heavy (non-hydrogen) atoms. The monoisotopic (exact) mass is 414 g/mol. The molecule has 1 aromatic heterocycles. The van der Waals surface area contributed by atoms with Crippen LogP contribution in [0.15, 0.2) is 58.0 Å². The summed E-state index contributed by atoms with van der Waals surface area (Å²) in [5.41, 5.74) is 2.10. The summed E-state index contributed by atoms with van der Waals surface area (Å²) >= 11 is 6.35. The Morgan fingerprint density at radius 1 is 1.38 bits per heavy atom. The third kappa shape index (κ3) is 4.06. The van der Waals surface area contributed by atoms with Crippen LogP contribution in [0.3, 0.4) is 0 Å². The number of benzene rings is 1. The molecule has 1 aliphatic heterocycles. The lowest BCUT2D eigenvalue weighted by Crippen LogP contribution is -2.29. The van der Waals surface area contributed by atoms with Gasteiger partial charge in [-0.05, 0) is 43.2 Å². The predicted octanol–water partition coefficient (Wildman–Crippen LogP) is 5.66. The fourth-order valence-electron chi connectivity index (χ4n) is 3.40. The fraction of sp³-hybridized carbons (Fsp3) is 0.273. The number of esters is 1. The average Bonchev–Trinajstić information content (AvgIpc) is 3.22. The second-order valence-electron chi connectivity index (χ2n) is 6.44. The molecule has 0 fully saturated rings. The van der Waals surface area contributed by atoms with Gasteiger partial charge in [0.15, 0.2) is 0 Å². The normalized spacial score (nSPS) is 16.4.